The van der Waals surface area contributed by atoms with E-state index in [9.17, 15) is 14.9 Å². The molecule has 0 saturated heterocycles. The zero-order valence-electron chi connectivity index (χ0n) is 12.0. The van der Waals surface area contributed by atoms with Gasteiger partial charge in [0.25, 0.3) is 0 Å². The van der Waals surface area contributed by atoms with Gasteiger partial charge in [0.2, 0.25) is 5.82 Å². The van der Waals surface area contributed by atoms with Crippen molar-refractivity contribution >= 4 is 17.5 Å². The highest BCUT2D eigenvalue weighted by Gasteiger charge is 2.17. The van der Waals surface area contributed by atoms with E-state index in [1.165, 1.54) is 0 Å². The lowest BCUT2D eigenvalue weighted by Crippen LogP contribution is -2.14. The molecule has 116 valence electrons. The first-order valence-corrected chi connectivity index (χ1v) is 6.62. The Morgan fingerprint density at radius 2 is 2.19 bits per heavy atom. The van der Waals surface area contributed by atoms with Crippen LogP contribution < -0.4 is 5.32 Å². The third-order valence-electron chi connectivity index (χ3n) is 2.67. The number of nitrogens with one attached hydrogen (secondary N) is 1. The molecule has 1 aromatic rings. The van der Waals surface area contributed by atoms with Crippen LogP contribution in [0.2, 0.25) is 0 Å². The number of hydrogen-bond acceptors (Lipinski definition) is 6. The van der Waals surface area contributed by atoms with Crippen LogP contribution in [-0.4, -0.2) is 40.7 Å². The molecule has 0 aliphatic rings. The van der Waals surface area contributed by atoms with Crippen molar-refractivity contribution in [2.75, 3.05) is 25.1 Å². The highest BCUT2D eigenvalue weighted by molar-refractivity contribution is 5.86. The second-order valence-corrected chi connectivity index (χ2v) is 4.85. The smallest absolute Gasteiger partial charge is 0.354 e. The van der Waals surface area contributed by atoms with Crippen LogP contribution in [0.15, 0.2) is 12.1 Å². The van der Waals surface area contributed by atoms with Gasteiger partial charge >= 0.3 is 11.7 Å². The molecule has 1 aromatic heterocycles. The Bertz CT molecular complexity index is 505. The molecule has 0 atom stereocenters. The SMILES string of the molecule is CC(C)CCOCCNc1nc(C(=O)O)ccc1[N+](=O)[O-]. The summed E-state index contributed by atoms with van der Waals surface area (Å²) in [6.45, 7) is 5.47. The lowest BCUT2D eigenvalue weighted by Gasteiger charge is -2.08. The van der Waals surface area contributed by atoms with Gasteiger partial charge in [-0.25, -0.2) is 9.78 Å². The molecule has 0 aliphatic heterocycles. The third-order valence-corrected chi connectivity index (χ3v) is 2.67. The van der Waals surface area contributed by atoms with E-state index < -0.39 is 10.9 Å². The minimum absolute atomic E-state index is 0.0626. The van der Waals surface area contributed by atoms with E-state index in [0.29, 0.717) is 25.7 Å². The van der Waals surface area contributed by atoms with Crippen molar-refractivity contribution in [2.24, 2.45) is 5.92 Å². The zero-order chi connectivity index (χ0) is 15.8. The monoisotopic (exact) mass is 297 g/mol. The van der Waals surface area contributed by atoms with Crippen LogP contribution in [-0.2, 0) is 4.74 Å². The minimum atomic E-state index is -1.24. The van der Waals surface area contributed by atoms with Crippen molar-refractivity contribution in [3.8, 4) is 0 Å². The standard InChI is InChI=1S/C13H19N3O5/c1-9(2)5-7-21-8-6-14-12-11(16(19)20)4-3-10(15-12)13(17)18/h3-4,9H,5-8H2,1-2H3,(H,14,15)(H,17,18). The Morgan fingerprint density at radius 3 is 2.76 bits per heavy atom. The fourth-order valence-electron chi connectivity index (χ4n) is 1.51. The summed E-state index contributed by atoms with van der Waals surface area (Å²) in [4.78, 5) is 24.8. The number of carbonyl (C=O) groups is 1. The molecule has 0 aromatic carbocycles. The fourth-order valence-corrected chi connectivity index (χ4v) is 1.51. The Kier molecular flexibility index (Phi) is 6.54. The number of nitro groups is 1. The van der Waals surface area contributed by atoms with Gasteiger partial charge in [-0.15, -0.1) is 0 Å². The lowest BCUT2D eigenvalue weighted by atomic mass is 10.1. The number of pyridine rings is 1. The molecule has 0 saturated carbocycles. The predicted molar refractivity (Wildman–Crippen MR) is 76.6 cm³/mol. The van der Waals surface area contributed by atoms with Crippen LogP contribution in [0.1, 0.15) is 30.8 Å². The number of carboxylic acid groups (broad SMARTS) is 1. The first kappa shape index (κ1) is 16.8. The minimum Gasteiger partial charge on any atom is -0.477 e. The van der Waals surface area contributed by atoms with E-state index in [2.05, 4.69) is 24.1 Å². The van der Waals surface area contributed by atoms with Gasteiger partial charge in [0.15, 0.2) is 5.69 Å². The van der Waals surface area contributed by atoms with E-state index in [0.717, 1.165) is 18.6 Å². The zero-order valence-corrected chi connectivity index (χ0v) is 12.0. The average Bonchev–Trinajstić information content (AvgIpc) is 2.41. The van der Waals surface area contributed by atoms with Crippen molar-refractivity contribution in [3.63, 3.8) is 0 Å². The van der Waals surface area contributed by atoms with Crippen LogP contribution in [0.3, 0.4) is 0 Å². The van der Waals surface area contributed by atoms with Crippen LogP contribution in [0.4, 0.5) is 11.5 Å². The average molecular weight is 297 g/mol. The van der Waals surface area contributed by atoms with Crippen LogP contribution in [0.25, 0.3) is 0 Å². The van der Waals surface area contributed by atoms with Gasteiger partial charge in [0.1, 0.15) is 0 Å². The van der Waals surface area contributed by atoms with Gasteiger partial charge in [0, 0.05) is 19.2 Å². The molecule has 0 aliphatic carbocycles. The van der Waals surface area contributed by atoms with Crippen molar-refractivity contribution in [3.05, 3.63) is 27.9 Å². The van der Waals surface area contributed by atoms with Crippen LogP contribution in [0, 0.1) is 16.0 Å². The van der Waals surface area contributed by atoms with Crippen molar-refractivity contribution in [2.45, 2.75) is 20.3 Å². The second kappa shape index (κ2) is 8.15. The largest absolute Gasteiger partial charge is 0.477 e. The molecular formula is C13H19N3O5. The van der Waals surface area contributed by atoms with E-state index in [4.69, 9.17) is 9.84 Å². The third kappa shape index (κ3) is 5.74. The normalized spacial score (nSPS) is 10.6. The number of hydrogen-bond donors (Lipinski definition) is 2. The molecule has 0 fully saturated rings. The Morgan fingerprint density at radius 1 is 1.48 bits per heavy atom. The number of carboxylic acids is 1. The second-order valence-electron chi connectivity index (χ2n) is 4.85. The van der Waals surface area contributed by atoms with E-state index in [-0.39, 0.29) is 17.2 Å². The molecule has 21 heavy (non-hydrogen) atoms. The van der Waals surface area contributed by atoms with E-state index >= 15 is 0 Å². The van der Waals surface area contributed by atoms with Gasteiger partial charge in [0.05, 0.1) is 11.5 Å². The maximum Gasteiger partial charge on any atom is 0.354 e. The van der Waals surface area contributed by atoms with Gasteiger partial charge in [-0.1, -0.05) is 13.8 Å². The van der Waals surface area contributed by atoms with Gasteiger partial charge in [-0.05, 0) is 18.4 Å². The first-order chi connectivity index (χ1) is 9.91. The lowest BCUT2D eigenvalue weighted by molar-refractivity contribution is -0.384. The van der Waals surface area contributed by atoms with Crippen molar-refractivity contribution in [1.82, 2.24) is 4.98 Å². The van der Waals surface area contributed by atoms with Crippen molar-refractivity contribution < 1.29 is 19.6 Å². The molecule has 1 rings (SSSR count). The molecular weight excluding hydrogens is 278 g/mol. The van der Waals surface area contributed by atoms with Crippen molar-refractivity contribution in [1.29, 1.82) is 0 Å². The van der Waals surface area contributed by atoms with E-state index in [1.807, 2.05) is 0 Å². The number of rotatable bonds is 9. The molecule has 0 spiro atoms. The summed E-state index contributed by atoms with van der Waals surface area (Å²) >= 11 is 0. The molecule has 0 unspecified atom stereocenters. The van der Waals surface area contributed by atoms with Crippen LogP contribution >= 0.6 is 0 Å². The number of aromatic nitrogens is 1. The van der Waals surface area contributed by atoms with Crippen LogP contribution in [0.5, 0.6) is 0 Å². The summed E-state index contributed by atoms with van der Waals surface area (Å²) in [5, 5.41) is 22.4. The molecule has 8 nitrogen and oxygen atoms in total. The highest BCUT2D eigenvalue weighted by Crippen LogP contribution is 2.21. The predicted octanol–water partition coefficient (Wildman–Crippen LogP) is 2.16. The number of ether oxygens (including phenoxy) is 1. The highest BCUT2D eigenvalue weighted by atomic mass is 16.6. The summed E-state index contributed by atoms with van der Waals surface area (Å²) in [6.07, 6.45) is 0.937. The first-order valence-electron chi connectivity index (χ1n) is 6.62. The Labute approximate surface area is 122 Å². The van der Waals surface area contributed by atoms with Gasteiger partial charge < -0.3 is 15.2 Å². The summed E-state index contributed by atoms with van der Waals surface area (Å²) in [5.41, 5.74) is -0.508. The molecule has 0 bridgehead atoms. The molecule has 1 heterocycles. The summed E-state index contributed by atoms with van der Waals surface area (Å²) in [6, 6.07) is 2.23. The number of nitrogens with zero attached hydrogens (tertiary/aromatic N) is 2. The maximum atomic E-state index is 10.9. The van der Waals surface area contributed by atoms with E-state index in [1.54, 1.807) is 0 Å². The summed E-state index contributed by atoms with van der Waals surface area (Å²) in [7, 11) is 0. The molecule has 2 N–H and O–H groups in total. The van der Waals surface area contributed by atoms with Gasteiger partial charge in [-0.2, -0.15) is 0 Å². The summed E-state index contributed by atoms with van der Waals surface area (Å²) in [5.74, 6) is -0.749. The Balaban J connectivity index is 2.57. The quantitative estimate of drug-likeness (QED) is 0.407. The Hall–Kier alpha value is -2.22. The fraction of sp³-hybridized carbons (Fsp3) is 0.538. The molecule has 0 amide bonds. The van der Waals surface area contributed by atoms with Gasteiger partial charge in [-0.3, -0.25) is 10.1 Å². The maximum absolute atomic E-state index is 10.9. The molecule has 0 radical (unpaired) electrons. The molecule has 8 heteroatoms. The number of anilines is 1. The summed E-state index contributed by atoms with van der Waals surface area (Å²) < 4.78 is 5.37. The topological polar surface area (TPSA) is 115 Å². The number of aromatic carboxylic acids is 1.